The molecule has 0 N–H and O–H groups in total. The summed E-state index contributed by atoms with van der Waals surface area (Å²) in [5, 5.41) is 4.71. The average molecular weight is 792 g/mol. The standard InChI is InChI=1S/C57H37N5/c1-4-18-38(19-5-1)41-24-16-25-42(36-41)49-37-43(34-35-53(49)61-50-31-13-10-26-45(50)46-27-11-14-32-51(46)61)56-58-55(40-22-8-3-9-23-40)59-57(60-56)62-52-33-15-12-28-47(52)48-30-17-29-44(54(48)62)39-20-6-2-7-21-39/h1-37H. The molecule has 0 saturated heterocycles. The summed E-state index contributed by atoms with van der Waals surface area (Å²) in [6.45, 7) is 0. The van der Waals surface area contributed by atoms with E-state index in [1.165, 1.54) is 16.3 Å². The number of aromatic nitrogens is 5. The Kier molecular flexibility index (Phi) is 8.42. The normalized spacial score (nSPS) is 11.5. The Morgan fingerprint density at radius 1 is 0.274 bits per heavy atom. The van der Waals surface area contributed by atoms with Crippen molar-refractivity contribution in [3.05, 3.63) is 224 Å². The molecule has 62 heavy (non-hydrogen) atoms. The zero-order valence-corrected chi connectivity index (χ0v) is 33.6. The number of hydrogen-bond donors (Lipinski definition) is 0. The van der Waals surface area contributed by atoms with E-state index in [0.717, 1.165) is 77.5 Å². The van der Waals surface area contributed by atoms with E-state index in [-0.39, 0.29) is 0 Å². The van der Waals surface area contributed by atoms with Crippen molar-refractivity contribution in [1.82, 2.24) is 24.1 Å². The van der Waals surface area contributed by atoms with Crippen LogP contribution in [0.4, 0.5) is 0 Å². The van der Waals surface area contributed by atoms with Crippen LogP contribution in [0.3, 0.4) is 0 Å². The molecular formula is C57H37N5. The van der Waals surface area contributed by atoms with E-state index in [2.05, 4.69) is 215 Å². The summed E-state index contributed by atoms with van der Waals surface area (Å²) in [5.41, 5.74) is 14.0. The molecule has 0 bridgehead atoms. The molecule has 9 aromatic carbocycles. The molecule has 5 nitrogen and oxygen atoms in total. The predicted octanol–water partition coefficient (Wildman–Crippen LogP) is 14.4. The number of fused-ring (bicyclic) bond motifs is 6. The summed E-state index contributed by atoms with van der Waals surface area (Å²) in [7, 11) is 0. The van der Waals surface area contributed by atoms with Crippen LogP contribution in [0, 0.1) is 0 Å². The Balaban J connectivity index is 1.14. The Labute approximate surface area is 358 Å². The Hall–Kier alpha value is -8.41. The first-order valence-electron chi connectivity index (χ1n) is 21.0. The number of benzene rings is 9. The van der Waals surface area contributed by atoms with Crippen LogP contribution in [0.15, 0.2) is 224 Å². The largest absolute Gasteiger partial charge is 0.309 e. The van der Waals surface area contributed by atoms with Gasteiger partial charge in [0.05, 0.1) is 27.8 Å². The van der Waals surface area contributed by atoms with E-state index in [0.29, 0.717) is 17.6 Å². The minimum Gasteiger partial charge on any atom is -0.309 e. The lowest BCUT2D eigenvalue weighted by molar-refractivity contribution is 0.953. The third kappa shape index (κ3) is 5.90. The van der Waals surface area contributed by atoms with Gasteiger partial charge in [0.2, 0.25) is 5.95 Å². The highest BCUT2D eigenvalue weighted by Crippen LogP contribution is 2.41. The fourth-order valence-corrected chi connectivity index (χ4v) is 9.17. The van der Waals surface area contributed by atoms with Crippen molar-refractivity contribution >= 4 is 43.6 Å². The lowest BCUT2D eigenvalue weighted by Gasteiger charge is -2.17. The van der Waals surface area contributed by atoms with Crippen LogP contribution in [0.1, 0.15) is 0 Å². The topological polar surface area (TPSA) is 48.5 Å². The summed E-state index contributed by atoms with van der Waals surface area (Å²) in [4.78, 5) is 16.0. The van der Waals surface area contributed by atoms with Crippen molar-refractivity contribution < 1.29 is 0 Å². The van der Waals surface area contributed by atoms with Gasteiger partial charge in [-0.3, -0.25) is 4.57 Å². The first-order chi connectivity index (χ1) is 30.8. The number of nitrogens with zero attached hydrogens (tertiary/aromatic N) is 5. The quantitative estimate of drug-likeness (QED) is 0.162. The Bertz CT molecular complexity index is 3570. The van der Waals surface area contributed by atoms with Gasteiger partial charge in [-0.1, -0.05) is 182 Å². The van der Waals surface area contributed by atoms with E-state index >= 15 is 0 Å². The molecule has 290 valence electrons. The molecule has 0 spiro atoms. The molecule has 3 aromatic heterocycles. The number of rotatable bonds is 7. The van der Waals surface area contributed by atoms with E-state index in [1.54, 1.807) is 0 Å². The van der Waals surface area contributed by atoms with Crippen LogP contribution in [-0.4, -0.2) is 24.1 Å². The van der Waals surface area contributed by atoms with Crippen LogP contribution < -0.4 is 0 Å². The van der Waals surface area contributed by atoms with Crippen LogP contribution in [0.25, 0.3) is 111 Å². The molecule has 0 aliphatic heterocycles. The summed E-state index contributed by atoms with van der Waals surface area (Å²) in [6, 6.07) is 79.3. The van der Waals surface area contributed by atoms with Crippen LogP contribution in [-0.2, 0) is 0 Å². The summed E-state index contributed by atoms with van der Waals surface area (Å²) >= 11 is 0. The lowest BCUT2D eigenvalue weighted by Crippen LogP contribution is -2.07. The molecule has 0 amide bonds. The maximum atomic E-state index is 5.43. The molecule has 12 rings (SSSR count). The Morgan fingerprint density at radius 2 is 0.758 bits per heavy atom. The second-order valence-electron chi connectivity index (χ2n) is 15.6. The maximum Gasteiger partial charge on any atom is 0.238 e. The van der Waals surface area contributed by atoms with E-state index in [9.17, 15) is 0 Å². The van der Waals surface area contributed by atoms with Gasteiger partial charge in [0.25, 0.3) is 0 Å². The minimum atomic E-state index is 0.558. The van der Waals surface area contributed by atoms with Crippen LogP contribution in [0.2, 0.25) is 0 Å². The number of para-hydroxylation sites is 4. The maximum absolute atomic E-state index is 5.43. The molecular weight excluding hydrogens is 755 g/mol. The van der Waals surface area contributed by atoms with Gasteiger partial charge in [-0.25, -0.2) is 4.98 Å². The predicted molar refractivity (Wildman–Crippen MR) is 256 cm³/mol. The van der Waals surface area contributed by atoms with Gasteiger partial charge in [-0.2, -0.15) is 9.97 Å². The first-order valence-corrected chi connectivity index (χ1v) is 21.0. The zero-order chi connectivity index (χ0) is 41.0. The van der Waals surface area contributed by atoms with Gasteiger partial charge < -0.3 is 4.57 Å². The van der Waals surface area contributed by atoms with Gasteiger partial charge in [-0.15, -0.1) is 0 Å². The van der Waals surface area contributed by atoms with E-state index < -0.39 is 0 Å². The van der Waals surface area contributed by atoms with Gasteiger partial charge in [-0.05, 0) is 64.7 Å². The van der Waals surface area contributed by atoms with Crippen molar-refractivity contribution in [1.29, 1.82) is 0 Å². The molecule has 0 aliphatic carbocycles. The smallest absolute Gasteiger partial charge is 0.238 e. The Morgan fingerprint density at radius 3 is 1.42 bits per heavy atom. The zero-order valence-electron chi connectivity index (χ0n) is 33.6. The monoisotopic (exact) mass is 791 g/mol. The second kappa shape index (κ2) is 14.7. The highest BCUT2D eigenvalue weighted by Gasteiger charge is 2.22. The van der Waals surface area contributed by atoms with Crippen LogP contribution in [0.5, 0.6) is 0 Å². The highest BCUT2D eigenvalue weighted by atomic mass is 15.2. The molecule has 0 fully saturated rings. The highest BCUT2D eigenvalue weighted by molar-refractivity contribution is 6.14. The molecule has 0 aliphatic rings. The van der Waals surface area contributed by atoms with Gasteiger partial charge in [0, 0.05) is 43.8 Å². The fraction of sp³-hybridized carbons (Fsp3) is 0. The van der Waals surface area contributed by atoms with Gasteiger partial charge in [0.15, 0.2) is 11.6 Å². The second-order valence-corrected chi connectivity index (χ2v) is 15.6. The molecule has 0 saturated carbocycles. The molecule has 12 aromatic rings. The van der Waals surface area contributed by atoms with Gasteiger partial charge in [0.1, 0.15) is 0 Å². The summed E-state index contributed by atoms with van der Waals surface area (Å²) in [6.07, 6.45) is 0. The lowest BCUT2D eigenvalue weighted by atomic mass is 9.96. The minimum absolute atomic E-state index is 0.558. The summed E-state index contributed by atoms with van der Waals surface area (Å²) in [5.74, 6) is 1.75. The molecule has 5 heteroatoms. The number of hydrogen-bond acceptors (Lipinski definition) is 3. The fourth-order valence-electron chi connectivity index (χ4n) is 9.17. The average Bonchev–Trinajstić information content (AvgIpc) is 3.88. The van der Waals surface area contributed by atoms with Crippen molar-refractivity contribution in [2.45, 2.75) is 0 Å². The third-order valence-corrected chi connectivity index (χ3v) is 12.0. The first kappa shape index (κ1) is 35.5. The van der Waals surface area contributed by atoms with Crippen molar-refractivity contribution in [3.8, 4) is 67.8 Å². The van der Waals surface area contributed by atoms with Crippen LogP contribution >= 0.6 is 0 Å². The van der Waals surface area contributed by atoms with Gasteiger partial charge >= 0.3 is 0 Å². The molecule has 0 unspecified atom stereocenters. The SMILES string of the molecule is c1ccc(-c2cccc(-c3cc(-c4nc(-c5ccccc5)nc(-n5c6ccccc6c6cccc(-c7ccccc7)c65)n4)ccc3-n3c4ccccc4c4ccccc43)c2)cc1. The molecule has 0 atom stereocenters. The van der Waals surface area contributed by atoms with E-state index in [1.807, 2.05) is 18.2 Å². The van der Waals surface area contributed by atoms with Crippen molar-refractivity contribution in [2.75, 3.05) is 0 Å². The summed E-state index contributed by atoms with van der Waals surface area (Å²) < 4.78 is 4.62. The third-order valence-electron chi connectivity index (χ3n) is 12.0. The van der Waals surface area contributed by atoms with Crippen molar-refractivity contribution in [2.24, 2.45) is 0 Å². The molecule has 0 radical (unpaired) electrons. The van der Waals surface area contributed by atoms with E-state index in [4.69, 9.17) is 15.0 Å². The molecule has 3 heterocycles. The van der Waals surface area contributed by atoms with Crippen molar-refractivity contribution in [3.63, 3.8) is 0 Å².